The summed E-state index contributed by atoms with van der Waals surface area (Å²) in [6, 6.07) is 34.2. The van der Waals surface area contributed by atoms with E-state index in [1.54, 1.807) is 121 Å². The van der Waals surface area contributed by atoms with Crippen molar-refractivity contribution in [1.29, 1.82) is 0 Å². The lowest BCUT2D eigenvalue weighted by Crippen LogP contribution is -2.27. The van der Waals surface area contributed by atoms with Crippen molar-refractivity contribution in [2.45, 2.75) is 0 Å². The van der Waals surface area contributed by atoms with Gasteiger partial charge in [0.25, 0.3) is 0 Å². The number of hydrogen-bond acceptors (Lipinski definition) is 10. The number of carbonyl (C=O) groups is 4. The molecule has 0 unspecified atom stereocenters. The van der Waals surface area contributed by atoms with E-state index in [2.05, 4.69) is 0 Å². The molecule has 10 nitrogen and oxygen atoms in total. The van der Waals surface area contributed by atoms with Crippen LogP contribution in [0, 0.1) is 0 Å². The molecule has 5 rings (SSSR count). The van der Waals surface area contributed by atoms with Gasteiger partial charge in [-0.1, -0.05) is 84.9 Å². The second-order valence-corrected chi connectivity index (χ2v) is 13.7. The highest BCUT2D eigenvalue weighted by Crippen LogP contribution is 2.47. The quantitative estimate of drug-likeness (QED) is 0.0907. The zero-order valence-electron chi connectivity index (χ0n) is 27.5. The number of methoxy groups -OCH3 is 4. The summed E-state index contributed by atoms with van der Waals surface area (Å²) < 4.78 is 34.0. The first-order valence-corrected chi connectivity index (χ1v) is 17.6. The summed E-state index contributed by atoms with van der Waals surface area (Å²) in [5.74, 6) is -1.82. The second-order valence-electron chi connectivity index (χ2n) is 10.3. The van der Waals surface area contributed by atoms with Crippen molar-refractivity contribution in [2.75, 3.05) is 28.4 Å². The fourth-order valence-electron chi connectivity index (χ4n) is 4.99. The summed E-state index contributed by atoms with van der Waals surface area (Å²) in [6.07, 6.45) is 0. The van der Waals surface area contributed by atoms with Crippen molar-refractivity contribution in [2.24, 2.45) is 0 Å². The van der Waals surface area contributed by atoms with Crippen LogP contribution in [0.15, 0.2) is 121 Å². The third-order valence-corrected chi connectivity index (χ3v) is 11.4. The molecule has 254 valence electrons. The highest BCUT2D eigenvalue weighted by atomic mass is 31.1. The highest BCUT2D eigenvalue weighted by molar-refractivity contribution is 7.69. The third-order valence-electron chi connectivity index (χ3n) is 7.34. The van der Waals surface area contributed by atoms with Gasteiger partial charge in [0.05, 0.1) is 50.7 Å². The maximum Gasteiger partial charge on any atom is 0.338 e. The zero-order valence-corrected chi connectivity index (χ0v) is 29.3. The molecule has 0 radical (unpaired) electrons. The van der Waals surface area contributed by atoms with Crippen molar-refractivity contribution in [3.8, 4) is 11.5 Å². The van der Waals surface area contributed by atoms with E-state index < -0.39 is 40.2 Å². The Hall–Kier alpha value is -5.56. The molecule has 0 fully saturated rings. The fraction of sp³-hybridized carbons (Fsp3) is 0.105. The van der Waals surface area contributed by atoms with E-state index in [-0.39, 0.29) is 33.8 Å². The van der Waals surface area contributed by atoms with Gasteiger partial charge in [-0.05, 0) is 36.4 Å². The van der Waals surface area contributed by atoms with Gasteiger partial charge in [0.2, 0.25) is 0 Å². The summed E-state index contributed by atoms with van der Waals surface area (Å²) in [7, 11) is 1.23. The van der Waals surface area contributed by atoms with Gasteiger partial charge in [0.15, 0.2) is 27.8 Å². The summed E-state index contributed by atoms with van der Waals surface area (Å²) in [5, 5.41) is 1.93. The predicted molar refractivity (Wildman–Crippen MR) is 191 cm³/mol. The number of benzene rings is 5. The van der Waals surface area contributed by atoms with Crippen LogP contribution in [0.25, 0.3) is 0 Å². The lowest BCUT2D eigenvalue weighted by Gasteiger charge is -2.26. The van der Waals surface area contributed by atoms with Crippen LogP contribution in [0.1, 0.15) is 41.4 Å². The van der Waals surface area contributed by atoms with Crippen molar-refractivity contribution < 1.29 is 47.2 Å². The number of carbonyl (C=O) groups excluding carboxylic acids is 4. The number of hydrogen-bond donors (Lipinski definition) is 0. The lowest BCUT2D eigenvalue weighted by atomic mass is 10.2. The van der Waals surface area contributed by atoms with Crippen LogP contribution in [-0.4, -0.2) is 52.3 Å². The third kappa shape index (κ3) is 7.68. The lowest BCUT2D eigenvalue weighted by molar-refractivity contribution is 0.0593. The average Bonchev–Trinajstić information content (AvgIpc) is 3.18. The molecule has 0 aromatic heterocycles. The number of para-hydroxylation sites is 2. The van der Waals surface area contributed by atoms with Gasteiger partial charge in [0.1, 0.15) is 0 Å². The normalized spacial score (nSPS) is 10.7. The Balaban J connectivity index is 1.70. The highest BCUT2D eigenvalue weighted by Gasteiger charge is 2.32. The molecule has 0 spiro atoms. The van der Waals surface area contributed by atoms with Gasteiger partial charge in [-0.2, -0.15) is 0 Å². The Kier molecular flexibility index (Phi) is 11.9. The fourth-order valence-corrected chi connectivity index (χ4v) is 9.02. The van der Waals surface area contributed by atoms with Crippen molar-refractivity contribution >= 4 is 61.4 Å². The first-order chi connectivity index (χ1) is 24.3. The first-order valence-electron chi connectivity index (χ1n) is 15.1. The topological polar surface area (TPSA) is 124 Å². The minimum absolute atomic E-state index is 0.250. The molecule has 0 aliphatic rings. The zero-order chi connectivity index (χ0) is 35.6. The number of ether oxygens (including phenoxy) is 4. The Morgan fingerprint density at radius 2 is 0.580 bits per heavy atom. The van der Waals surface area contributed by atoms with Crippen LogP contribution in [0.4, 0.5) is 0 Å². The molecule has 0 aliphatic heterocycles. The van der Waals surface area contributed by atoms with Crippen molar-refractivity contribution in [3.05, 3.63) is 144 Å². The molecule has 12 heteroatoms. The maximum atomic E-state index is 13.0. The minimum atomic E-state index is -1.96. The van der Waals surface area contributed by atoms with E-state index in [0.717, 1.165) is 0 Å². The van der Waals surface area contributed by atoms with Gasteiger partial charge in [0, 0.05) is 21.2 Å². The van der Waals surface area contributed by atoms with E-state index >= 15 is 0 Å². The molecule has 0 heterocycles. The largest absolute Gasteiger partial charge is 0.465 e. The molecule has 0 saturated heterocycles. The van der Waals surface area contributed by atoms with Crippen LogP contribution in [0.2, 0.25) is 0 Å². The van der Waals surface area contributed by atoms with E-state index in [9.17, 15) is 19.2 Å². The first kappa shape index (κ1) is 35.7. The molecule has 50 heavy (non-hydrogen) atoms. The van der Waals surface area contributed by atoms with Crippen LogP contribution < -0.4 is 30.3 Å². The summed E-state index contributed by atoms with van der Waals surface area (Å²) >= 11 is 0. The molecule has 0 N–H and O–H groups in total. The minimum Gasteiger partial charge on any atom is -0.465 e. The van der Waals surface area contributed by atoms with Gasteiger partial charge >= 0.3 is 23.9 Å². The van der Waals surface area contributed by atoms with E-state index in [1.165, 1.54) is 28.4 Å². The van der Waals surface area contributed by atoms with Gasteiger partial charge in [-0.15, -0.1) is 0 Å². The Bertz CT molecular complexity index is 1770. The summed E-state index contributed by atoms with van der Waals surface area (Å²) in [4.78, 5) is 52.0. The molecule has 5 aromatic rings. The average molecular weight is 711 g/mol. The van der Waals surface area contributed by atoms with E-state index in [0.29, 0.717) is 21.2 Å². The Labute approximate surface area is 291 Å². The van der Waals surface area contributed by atoms with Gasteiger partial charge in [-0.3, -0.25) is 0 Å². The van der Waals surface area contributed by atoms with Crippen LogP contribution >= 0.6 is 16.3 Å². The SMILES string of the molecule is COC(=O)c1ccccc1P(Oc1ccccc1OP(c1ccccc1C(=O)OC)c1ccccc1C(=O)OC)c1ccccc1C(=O)OC. The van der Waals surface area contributed by atoms with E-state index in [1.807, 2.05) is 0 Å². The Morgan fingerprint density at radius 1 is 0.360 bits per heavy atom. The van der Waals surface area contributed by atoms with Crippen molar-refractivity contribution in [1.82, 2.24) is 0 Å². The molecule has 0 bridgehead atoms. The van der Waals surface area contributed by atoms with Crippen LogP contribution in [0.5, 0.6) is 11.5 Å². The second kappa shape index (κ2) is 16.7. The van der Waals surface area contributed by atoms with E-state index in [4.69, 9.17) is 28.0 Å². The number of rotatable bonds is 12. The number of esters is 4. The monoisotopic (exact) mass is 710 g/mol. The van der Waals surface area contributed by atoms with Gasteiger partial charge in [-0.25, -0.2) is 19.2 Å². The van der Waals surface area contributed by atoms with Crippen LogP contribution in [-0.2, 0) is 18.9 Å². The van der Waals surface area contributed by atoms with Gasteiger partial charge < -0.3 is 28.0 Å². The molecule has 0 saturated carbocycles. The molecule has 5 aromatic carbocycles. The molecule has 0 amide bonds. The van der Waals surface area contributed by atoms with Crippen molar-refractivity contribution in [3.63, 3.8) is 0 Å². The predicted octanol–water partition coefficient (Wildman–Crippen LogP) is 5.69. The molecule has 0 aliphatic carbocycles. The molecular formula is C38H32O10P2. The maximum absolute atomic E-state index is 13.0. The molecule has 0 atom stereocenters. The summed E-state index contributed by atoms with van der Waals surface area (Å²) in [6.45, 7) is 0. The smallest absolute Gasteiger partial charge is 0.338 e. The standard InChI is InChI=1S/C38H32O10P2/c1-43-35(39)25-15-5-11-21-31(25)49(32-22-12-6-16-26(32)36(40)44-2)47-29-19-9-10-20-30(29)48-50(33-23-13-7-17-27(33)37(41)45-3)34-24-14-8-18-28(34)38(42)46-4/h5-24H,1-4H3. The Morgan fingerprint density at radius 3 is 0.820 bits per heavy atom. The molecular weight excluding hydrogens is 678 g/mol. The van der Waals surface area contributed by atoms with Crippen LogP contribution in [0.3, 0.4) is 0 Å². The summed E-state index contributed by atoms with van der Waals surface area (Å²) in [5.41, 5.74) is 1.00.